The number of aryl methyl sites for hydroxylation is 1. The van der Waals surface area contributed by atoms with E-state index in [1.54, 1.807) is 0 Å². The average Bonchev–Trinajstić information content (AvgIpc) is 3.04. The molecule has 2 aromatic carbocycles. The van der Waals surface area contributed by atoms with Crippen molar-refractivity contribution in [2.75, 3.05) is 6.54 Å². The normalized spacial score (nSPS) is 11.0. The molecule has 1 N–H and O–H groups in total. The predicted octanol–water partition coefficient (Wildman–Crippen LogP) is 4.19. The molecule has 1 heterocycles. The maximum absolute atomic E-state index is 4.76. The van der Waals surface area contributed by atoms with Crippen LogP contribution in [0.4, 0.5) is 0 Å². The molecule has 0 aliphatic rings. The maximum Gasteiger partial charge on any atom is 0.117 e. The van der Waals surface area contributed by atoms with Crippen molar-refractivity contribution in [1.82, 2.24) is 20.3 Å². The smallest absolute Gasteiger partial charge is 0.117 e. The zero-order valence-electron chi connectivity index (χ0n) is 15.1. The molecule has 3 rings (SSSR count). The Morgan fingerprint density at radius 3 is 2.44 bits per heavy atom. The third-order valence-electron chi connectivity index (χ3n) is 4.22. The van der Waals surface area contributed by atoms with Gasteiger partial charge in [-0.1, -0.05) is 73.5 Å². The van der Waals surface area contributed by atoms with Crippen molar-refractivity contribution in [1.29, 1.82) is 0 Å². The van der Waals surface area contributed by atoms with Gasteiger partial charge >= 0.3 is 0 Å². The van der Waals surface area contributed by atoms with Gasteiger partial charge in [0, 0.05) is 12.1 Å². The van der Waals surface area contributed by atoms with Gasteiger partial charge in [0.25, 0.3) is 0 Å². The molecule has 0 aliphatic heterocycles. The third kappa shape index (κ3) is 4.77. The summed E-state index contributed by atoms with van der Waals surface area (Å²) in [6.07, 6.45) is 2.37. The Balaban J connectivity index is 1.81. The maximum atomic E-state index is 4.76. The van der Waals surface area contributed by atoms with Crippen molar-refractivity contribution in [3.05, 3.63) is 71.4 Å². The van der Waals surface area contributed by atoms with Gasteiger partial charge in [0.1, 0.15) is 11.4 Å². The number of hydrogen-bond acceptors (Lipinski definition) is 3. The highest BCUT2D eigenvalue weighted by Gasteiger charge is 2.13. The molecule has 0 saturated carbocycles. The summed E-state index contributed by atoms with van der Waals surface area (Å²) in [5.41, 5.74) is 5.57. The molecule has 25 heavy (non-hydrogen) atoms. The number of rotatable bonds is 8. The number of benzene rings is 2. The van der Waals surface area contributed by atoms with Crippen LogP contribution in [0.5, 0.6) is 0 Å². The summed E-state index contributed by atoms with van der Waals surface area (Å²) >= 11 is 0. The lowest BCUT2D eigenvalue weighted by Gasteiger charge is -2.03. The van der Waals surface area contributed by atoms with Gasteiger partial charge in [-0.05, 0) is 25.5 Å². The molecule has 3 aromatic rings. The summed E-state index contributed by atoms with van der Waals surface area (Å²) in [7, 11) is 0. The average molecular weight is 334 g/mol. The molecular weight excluding hydrogens is 308 g/mol. The lowest BCUT2D eigenvalue weighted by molar-refractivity contribution is 0.573. The Morgan fingerprint density at radius 1 is 0.960 bits per heavy atom. The third-order valence-corrected chi connectivity index (χ3v) is 4.22. The highest BCUT2D eigenvalue weighted by atomic mass is 15.5. The molecule has 1 aromatic heterocycles. The van der Waals surface area contributed by atoms with Crippen molar-refractivity contribution in [3.8, 4) is 11.3 Å². The van der Waals surface area contributed by atoms with E-state index in [9.17, 15) is 0 Å². The van der Waals surface area contributed by atoms with E-state index in [2.05, 4.69) is 55.6 Å². The molecule has 0 aliphatic carbocycles. The molecule has 0 fully saturated rings. The first-order chi connectivity index (χ1) is 12.3. The van der Waals surface area contributed by atoms with Crippen molar-refractivity contribution in [3.63, 3.8) is 0 Å². The van der Waals surface area contributed by atoms with Gasteiger partial charge in [-0.25, -0.2) is 0 Å². The number of nitrogens with one attached hydrogen (secondary N) is 1. The molecule has 0 saturated heterocycles. The molecule has 0 amide bonds. The topological polar surface area (TPSA) is 42.7 Å². The minimum absolute atomic E-state index is 0.690. The number of nitrogens with zero attached hydrogens (tertiary/aromatic N) is 3. The van der Waals surface area contributed by atoms with Crippen molar-refractivity contribution >= 4 is 0 Å². The minimum atomic E-state index is 0.690. The van der Waals surface area contributed by atoms with Gasteiger partial charge in [-0.3, -0.25) is 0 Å². The molecule has 4 nitrogen and oxygen atoms in total. The lowest BCUT2D eigenvalue weighted by atomic mass is 10.1. The highest BCUT2D eigenvalue weighted by molar-refractivity contribution is 5.60. The Morgan fingerprint density at radius 2 is 1.72 bits per heavy atom. The second kappa shape index (κ2) is 8.58. The molecular formula is C21H26N4. The van der Waals surface area contributed by atoms with E-state index >= 15 is 0 Å². The van der Waals surface area contributed by atoms with E-state index in [0.717, 1.165) is 30.0 Å². The summed E-state index contributed by atoms with van der Waals surface area (Å²) < 4.78 is 0. The summed E-state index contributed by atoms with van der Waals surface area (Å²) in [5, 5.41) is 13.0. The Bertz CT molecular complexity index is 775. The van der Waals surface area contributed by atoms with E-state index in [-0.39, 0.29) is 0 Å². The lowest BCUT2D eigenvalue weighted by Crippen LogP contribution is -2.15. The summed E-state index contributed by atoms with van der Waals surface area (Å²) in [4.78, 5) is 1.81. The van der Waals surface area contributed by atoms with Crippen molar-refractivity contribution in [2.24, 2.45) is 0 Å². The first-order valence-electron chi connectivity index (χ1n) is 9.02. The zero-order valence-corrected chi connectivity index (χ0v) is 15.1. The molecule has 4 heteroatoms. The molecule has 0 spiro atoms. The van der Waals surface area contributed by atoms with Gasteiger partial charge in [0.2, 0.25) is 0 Å². The van der Waals surface area contributed by atoms with Crippen LogP contribution in [-0.2, 0) is 13.1 Å². The van der Waals surface area contributed by atoms with Crippen LogP contribution >= 0.6 is 0 Å². The van der Waals surface area contributed by atoms with E-state index in [0.29, 0.717) is 6.54 Å². The summed E-state index contributed by atoms with van der Waals surface area (Å²) in [6.45, 7) is 6.75. The van der Waals surface area contributed by atoms with Crippen molar-refractivity contribution < 1.29 is 0 Å². The summed E-state index contributed by atoms with van der Waals surface area (Å²) in [5.74, 6) is 0. The van der Waals surface area contributed by atoms with Crippen molar-refractivity contribution in [2.45, 2.75) is 39.8 Å². The van der Waals surface area contributed by atoms with E-state index in [1.165, 1.54) is 24.0 Å². The van der Waals surface area contributed by atoms with Gasteiger partial charge < -0.3 is 5.32 Å². The zero-order chi connectivity index (χ0) is 17.5. The molecule has 0 atom stereocenters. The quantitative estimate of drug-likeness (QED) is 0.628. The predicted molar refractivity (Wildman–Crippen MR) is 102 cm³/mol. The SMILES string of the molecule is CCCCNCc1nn(Cc2ccc(C)cc2)nc1-c1ccccc1. The summed E-state index contributed by atoms with van der Waals surface area (Å²) in [6, 6.07) is 18.8. The minimum Gasteiger partial charge on any atom is -0.311 e. The molecule has 0 radical (unpaired) electrons. The fourth-order valence-electron chi connectivity index (χ4n) is 2.76. The molecule has 0 unspecified atom stereocenters. The Labute approximate surface area is 149 Å². The van der Waals surface area contributed by atoms with Crippen LogP contribution in [0.15, 0.2) is 54.6 Å². The second-order valence-corrected chi connectivity index (χ2v) is 6.41. The Kier molecular flexibility index (Phi) is 5.96. The largest absolute Gasteiger partial charge is 0.311 e. The van der Waals surface area contributed by atoms with Crippen LogP contribution in [0.2, 0.25) is 0 Å². The van der Waals surface area contributed by atoms with Crippen LogP contribution in [0.1, 0.15) is 36.6 Å². The van der Waals surface area contributed by atoms with Crippen LogP contribution in [0.25, 0.3) is 11.3 Å². The van der Waals surface area contributed by atoms with Crippen LogP contribution in [0, 0.1) is 6.92 Å². The van der Waals surface area contributed by atoms with Gasteiger partial charge in [0.15, 0.2) is 0 Å². The second-order valence-electron chi connectivity index (χ2n) is 6.41. The first-order valence-corrected chi connectivity index (χ1v) is 9.02. The van der Waals surface area contributed by atoms with Crippen LogP contribution in [0.3, 0.4) is 0 Å². The van der Waals surface area contributed by atoms with E-state index < -0.39 is 0 Å². The van der Waals surface area contributed by atoms with E-state index in [1.807, 2.05) is 23.0 Å². The first kappa shape index (κ1) is 17.4. The Hall–Kier alpha value is -2.46. The molecule has 130 valence electrons. The highest BCUT2D eigenvalue weighted by Crippen LogP contribution is 2.20. The van der Waals surface area contributed by atoms with Gasteiger partial charge in [-0.15, -0.1) is 0 Å². The molecule has 0 bridgehead atoms. The fourth-order valence-corrected chi connectivity index (χ4v) is 2.76. The van der Waals surface area contributed by atoms with Gasteiger partial charge in [0.05, 0.1) is 6.54 Å². The monoisotopic (exact) mass is 334 g/mol. The van der Waals surface area contributed by atoms with Crippen LogP contribution < -0.4 is 5.32 Å². The number of unbranched alkanes of at least 4 members (excludes halogenated alkanes) is 1. The standard InChI is InChI=1S/C21H26N4/c1-3-4-14-22-15-20-21(19-8-6-5-7-9-19)24-25(23-20)16-18-12-10-17(2)11-13-18/h5-13,22H,3-4,14-16H2,1-2H3. The number of aromatic nitrogens is 3. The van der Waals surface area contributed by atoms with Crippen LogP contribution in [-0.4, -0.2) is 21.5 Å². The van der Waals surface area contributed by atoms with E-state index in [4.69, 9.17) is 10.2 Å². The van der Waals surface area contributed by atoms with Gasteiger partial charge in [-0.2, -0.15) is 15.0 Å². The fraction of sp³-hybridized carbons (Fsp3) is 0.333. The number of hydrogen-bond donors (Lipinski definition) is 1.